The molecule has 0 saturated heterocycles. The Bertz CT molecular complexity index is 659. The first-order valence-electron chi connectivity index (χ1n) is 6.08. The van der Waals surface area contributed by atoms with E-state index in [9.17, 15) is 10.1 Å². The summed E-state index contributed by atoms with van der Waals surface area (Å²) in [6.45, 7) is 4.21. The van der Waals surface area contributed by atoms with Crippen molar-refractivity contribution in [1.29, 1.82) is 0 Å². The zero-order valence-corrected chi connectivity index (χ0v) is 12.8. The lowest BCUT2D eigenvalue weighted by atomic mass is 10.1. The summed E-state index contributed by atoms with van der Waals surface area (Å²) < 4.78 is 0.876. The third-order valence-corrected chi connectivity index (χ3v) is 3.64. The highest BCUT2D eigenvalue weighted by Crippen LogP contribution is 2.24. The van der Waals surface area contributed by atoms with E-state index in [1.165, 1.54) is 6.07 Å². The second-order valence-electron chi connectivity index (χ2n) is 4.52. The Morgan fingerprint density at radius 1 is 1.40 bits per heavy atom. The number of nitro groups is 1. The van der Waals surface area contributed by atoms with Crippen molar-refractivity contribution in [2.24, 2.45) is 0 Å². The molecule has 0 aliphatic heterocycles. The maximum Gasteiger partial charge on any atom is 0.272 e. The Hall–Kier alpha value is -1.95. The van der Waals surface area contributed by atoms with Crippen LogP contribution in [0.2, 0.25) is 0 Å². The van der Waals surface area contributed by atoms with E-state index in [0.29, 0.717) is 12.1 Å². The number of nitrogens with one attached hydrogen (secondary N) is 1. The lowest BCUT2D eigenvalue weighted by Gasteiger charge is -2.10. The van der Waals surface area contributed by atoms with Gasteiger partial charge in [0.25, 0.3) is 5.69 Å². The molecule has 0 amide bonds. The summed E-state index contributed by atoms with van der Waals surface area (Å²) in [7, 11) is 0. The largest absolute Gasteiger partial charge is 0.365 e. The number of nitro benzene ring substituents is 1. The van der Waals surface area contributed by atoms with Gasteiger partial charge in [0, 0.05) is 24.4 Å². The molecule has 0 saturated carbocycles. The standard InChI is InChI=1S/C14H14BrN3O2/c1-9-6-12(15)14(16-7-9)17-8-11-4-3-5-13(10(11)2)18(19)20/h3-7H,8H2,1-2H3,(H,16,17). The number of rotatable bonds is 4. The quantitative estimate of drug-likeness (QED) is 0.677. The van der Waals surface area contributed by atoms with Crippen molar-refractivity contribution in [3.05, 3.63) is 61.7 Å². The minimum absolute atomic E-state index is 0.139. The van der Waals surface area contributed by atoms with Gasteiger partial charge in [-0.15, -0.1) is 0 Å². The van der Waals surface area contributed by atoms with E-state index in [0.717, 1.165) is 21.4 Å². The third-order valence-electron chi connectivity index (χ3n) is 3.04. The summed E-state index contributed by atoms with van der Waals surface area (Å²) in [6.07, 6.45) is 1.77. The monoisotopic (exact) mass is 335 g/mol. The van der Waals surface area contributed by atoms with Gasteiger partial charge >= 0.3 is 0 Å². The molecular weight excluding hydrogens is 322 g/mol. The van der Waals surface area contributed by atoms with Gasteiger partial charge in [0.05, 0.1) is 9.40 Å². The summed E-state index contributed by atoms with van der Waals surface area (Å²) in [6, 6.07) is 7.05. The van der Waals surface area contributed by atoms with E-state index in [1.54, 1.807) is 19.2 Å². The Kier molecular flexibility index (Phi) is 4.34. The van der Waals surface area contributed by atoms with Crippen LogP contribution in [0.1, 0.15) is 16.7 Å². The zero-order valence-electron chi connectivity index (χ0n) is 11.2. The first-order valence-corrected chi connectivity index (χ1v) is 6.87. The molecule has 104 valence electrons. The van der Waals surface area contributed by atoms with Gasteiger partial charge in [-0.3, -0.25) is 10.1 Å². The first-order chi connectivity index (χ1) is 9.49. The number of hydrogen-bond donors (Lipinski definition) is 1. The van der Waals surface area contributed by atoms with E-state index in [4.69, 9.17) is 0 Å². The van der Waals surface area contributed by atoms with E-state index in [2.05, 4.69) is 26.2 Å². The van der Waals surface area contributed by atoms with Crippen LogP contribution in [0.25, 0.3) is 0 Å². The van der Waals surface area contributed by atoms with Crippen LogP contribution in [0.4, 0.5) is 11.5 Å². The average molecular weight is 336 g/mol. The Morgan fingerprint density at radius 2 is 2.15 bits per heavy atom. The van der Waals surface area contributed by atoms with Gasteiger partial charge in [-0.25, -0.2) is 4.98 Å². The van der Waals surface area contributed by atoms with Crippen molar-refractivity contribution in [1.82, 2.24) is 4.98 Å². The molecule has 0 bridgehead atoms. The third kappa shape index (κ3) is 3.14. The van der Waals surface area contributed by atoms with Crippen molar-refractivity contribution in [3.63, 3.8) is 0 Å². The lowest BCUT2D eigenvalue weighted by Crippen LogP contribution is -2.05. The molecule has 0 unspecified atom stereocenters. The summed E-state index contributed by atoms with van der Waals surface area (Å²) in [4.78, 5) is 14.8. The van der Waals surface area contributed by atoms with Crippen LogP contribution in [0.3, 0.4) is 0 Å². The van der Waals surface area contributed by atoms with Gasteiger partial charge < -0.3 is 5.32 Å². The van der Waals surface area contributed by atoms with Crippen LogP contribution < -0.4 is 5.32 Å². The predicted octanol–water partition coefficient (Wildman–Crippen LogP) is 3.98. The molecule has 1 N–H and O–H groups in total. The number of aromatic nitrogens is 1. The van der Waals surface area contributed by atoms with Crippen molar-refractivity contribution in [2.75, 3.05) is 5.32 Å². The fourth-order valence-electron chi connectivity index (χ4n) is 1.90. The second kappa shape index (κ2) is 6.00. The van der Waals surface area contributed by atoms with Crippen LogP contribution in [-0.2, 0) is 6.54 Å². The minimum Gasteiger partial charge on any atom is -0.365 e. The lowest BCUT2D eigenvalue weighted by molar-refractivity contribution is -0.385. The van der Waals surface area contributed by atoms with Crippen LogP contribution in [0, 0.1) is 24.0 Å². The molecular formula is C14H14BrN3O2. The van der Waals surface area contributed by atoms with Crippen molar-refractivity contribution in [2.45, 2.75) is 20.4 Å². The fraction of sp³-hybridized carbons (Fsp3) is 0.214. The van der Waals surface area contributed by atoms with E-state index in [1.807, 2.05) is 19.1 Å². The van der Waals surface area contributed by atoms with Gasteiger partial charge in [-0.05, 0) is 47.0 Å². The molecule has 0 fully saturated rings. The fourth-order valence-corrected chi connectivity index (χ4v) is 2.51. The number of halogens is 1. The molecule has 1 aromatic heterocycles. The number of nitrogens with zero attached hydrogens (tertiary/aromatic N) is 2. The molecule has 0 aliphatic carbocycles. The van der Waals surface area contributed by atoms with Gasteiger partial charge in [-0.1, -0.05) is 12.1 Å². The SMILES string of the molecule is Cc1cnc(NCc2cccc([N+](=O)[O-])c2C)c(Br)c1. The Labute approximate surface area is 125 Å². The second-order valence-corrected chi connectivity index (χ2v) is 5.37. The van der Waals surface area contributed by atoms with Gasteiger partial charge in [0.2, 0.25) is 0 Å². The molecule has 5 nitrogen and oxygen atoms in total. The molecule has 2 rings (SSSR count). The molecule has 6 heteroatoms. The summed E-state index contributed by atoms with van der Waals surface area (Å²) in [5.74, 6) is 0.724. The highest BCUT2D eigenvalue weighted by atomic mass is 79.9. The molecule has 1 heterocycles. The van der Waals surface area contributed by atoms with Crippen molar-refractivity contribution < 1.29 is 4.92 Å². The van der Waals surface area contributed by atoms with E-state index >= 15 is 0 Å². The summed E-state index contributed by atoms with van der Waals surface area (Å²) >= 11 is 3.44. The predicted molar refractivity (Wildman–Crippen MR) is 81.8 cm³/mol. The smallest absolute Gasteiger partial charge is 0.272 e. The highest BCUT2D eigenvalue weighted by molar-refractivity contribution is 9.10. The minimum atomic E-state index is -0.362. The normalized spacial score (nSPS) is 10.3. The molecule has 1 aromatic carbocycles. The molecule has 0 spiro atoms. The van der Waals surface area contributed by atoms with Crippen LogP contribution >= 0.6 is 15.9 Å². The average Bonchev–Trinajstić information content (AvgIpc) is 2.39. The maximum absolute atomic E-state index is 10.9. The summed E-state index contributed by atoms with van der Waals surface area (Å²) in [5.41, 5.74) is 2.76. The summed E-state index contributed by atoms with van der Waals surface area (Å²) in [5, 5.41) is 14.1. The van der Waals surface area contributed by atoms with E-state index in [-0.39, 0.29) is 10.6 Å². The van der Waals surface area contributed by atoms with Gasteiger partial charge in [0.15, 0.2) is 0 Å². The number of pyridine rings is 1. The number of anilines is 1. The highest BCUT2D eigenvalue weighted by Gasteiger charge is 2.13. The first kappa shape index (κ1) is 14.5. The maximum atomic E-state index is 10.9. The molecule has 2 aromatic rings. The number of benzene rings is 1. The van der Waals surface area contributed by atoms with Crippen LogP contribution in [0.5, 0.6) is 0 Å². The van der Waals surface area contributed by atoms with Crippen LogP contribution in [-0.4, -0.2) is 9.91 Å². The van der Waals surface area contributed by atoms with E-state index < -0.39 is 0 Å². The molecule has 0 atom stereocenters. The van der Waals surface area contributed by atoms with Gasteiger partial charge in [-0.2, -0.15) is 0 Å². The molecule has 0 aliphatic rings. The van der Waals surface area contributed by atoms with Gasteiger partial charge in [0.1, 0.15) is 5.82 Å². The van der Waals surface area contributed by atoms with Crippen LogP contribution in [0.15, 0.2) is 34.9 Å². The van der Waals surface area contributed by atoms with Crippen molar-refractivity contribution in [3.8, 4) is 0 Å². The zero-order chi connectivity index (χ0) is 14.7. The Morgan fingerprint density at radius 3 is 2.80 bits per heavy atom. The number of hydrogen-bond acceptors (Lipinski definition) is 4. The molecule has 0 radical (unpaired) electrons. The molecule has 20 heavy (non-hydrogen) atoms. The Balaban J connectivity index is 2.19. The topological polar surface area (TPSA) is 68.1 Å². The number of aryl methyl sites for hydroxylation is 1. The van der Waals surface area contributed by atoms with Crippen molar-refractivity contribution >= 4 is 27.4 Å².